The number of hydrogen-bond acceptors (Lipinski definition) is 7. The van der Waals surface area contributed by atoms with Crippen molar-refractivity contribution in [3.63, 3.8) is 0 Å². The van der Waals surface area contributed by atoms with Crippen molar-refractivity contribution in [1.82, 2.24) is 25.1 Å². The molecule has 1 aliphatic heterocycles. The summed E-state index contributed by atoms with van der Waals surface area (Å²) < 4.78 is 6.25. The standard InChI is InChI=1S/C21H20N6OS/c1-11(2)21-26-18-14-5-3-12(13-4-6-17(22)23-8-13)7-16(14)28-9-15(19(18)29-21)20-24-10-25-27-20/h3-8,10-11,15H,9H2,1-2H3,(H2,22,23)(H,24,25,27). The van der Waals surface area contributed by atoms with Crippen LogP contribution in [-0.4, -0.2) is 31.8 Å². The van der Waals surface area contributed by atoms with Crippen LogP contribution in [0.4, 0.5) is 5.82 Å². The number of anilines is 1. The van der Waals surface area contributed by atoms with Crippen LogP contribution in [0.1, 0.15) is 41.4 Å². The zero-order chi connectivity index (χ0) is 20.0. The van der Waals surface area contributed by atoms with Gasteiger partial charge in [0.2, 0.25) is 0 Å². The molecule has 7 nitrogen and oxygen atoms in total. The lowest BCUT2D eigenvalue weighted by molar-refractivity contribution is 0.305. The number of nitrogens with zero attached hydrogens (tertiary/aromatic N) is 4. The van der Waals surface area contributed by atoms with E-state index in [0.717, 1.165) is 43.8 Å². The fourth-order valence-electron chi connectivity index (χ4n) is 3.45. The molecule has 0 spiro atoms. The van der Waals surface area contributed by atoms with Gasteiger partial charge in [-0.15, -0.1) is 11.3 Å². The lowest BCUT2D eigenvalue weighted by Crippen LogP contribution is -2.11. The third-order valence-corrected chi connectivity index (χ3v) is 6.48. The van der Waals surface area contributed by atoms with Crippen molar-refractivity contribution in [1.29, 1.82) is 0 Å². The van der Waals surface area contributed by atoms with Gasteiger partial charge in [0, 0.05) is 28.1 Å². The monoisotopic (exact) mass is 404 g/mol. The highest BCUT2D eigenvalue weighted by Crippen LogP contribution is 2.45. The Labute approximate surface area is 172 Å². The molecular weight excluding hydrogens is 384 g/mol. The van der Waals surface area contributed by atoms with E-state index in [1.165, 1.54) is 6.33 Å². The highest BCUT2D eigenvalue weighted by molar-refractivity contribution is 7.12. The fraction of sp³-hybridized carbons (Fsp3) is 0.238. The Hall–Kier alpha value is -3.26. The van der Waals surface area contributed by atoms with E-state index in [9.17, 15) is 0 Å². The van der Waals surface area contributed by atoms with Gasteiger partial charge in [0.1, 0.15) is 30.3 Å². The summed E-state index contributed by atoms with van der Waals surface area (Å²) in [7, 11) is 0. The highest BCUT2D eigenvalue weighted by Gasteiger charge is 2.31. The van der Waals surface area contributed by atoms with Crippen LogP contribution in [0.25, 0.3) is 22.4 Å². The van der Waals surface area contributed by atoms with Gasteiger partial charge in [-0.1, -0.05) is 19.9 Å². The Balaban J connectivity index is 1.63. The molecule has 0 aliphatic carbocycles. The van der Waals surface area contributed by atoms with E-state index < -0.39 is 0 Å². The number of nitrogens with one attached hydrogen (secondary N) is 1. The van der Waals surface area contributed by atoms with Crippen molar-refractivity contribution in [3.8, 4) is 28.1 Å². The number of nitrogens with two attached hydrogens (primary N) is 1. The predicted octanol–water partition coefficient (Wildman–Crippen LogP) is 4.22. The van der Waals surface area contributed by atoms with Gasteiger partial charge in [-0.3, -0.25) is 5.10 Å². The van der Waals surface area contributed by atoms with E-state index in [0.29, 0.717) is 18.3 Å². The molecule has 1 unspecified atom stereocenters. The Kier molecular flexibility index (Phi) is 4.28. The smallest absolute Gasteiger partial charge is 0.137 e. The molecular formula is C21H20N6OS. The van der Waals surface area contributed by atoms with E-state index in [2.05, 4.69) is 46.1 Å². The summed E-state index contributed by atoms with van der Waals surface area (Å²) in [6.07, 6.45) is 3.31. The number of rotatable bonds is 3. The average molecular weight is 404 g/mol. The van der Waals surface area contributed by atoms with Crippen molar-refractivity contribution in [2.45, 2.75) is 25.7 Å². The molecule has 0 radical (unpaired) electrons. The van der Waals surface area contributed by atoms with Crippen LogP contribution in [0, 0.1) is 0 Å². The van der Waals surface area contributed by atoms with Gasteiger partial charge in [0.15, 0.2) is 0 Å². The molecule has 4 heterocycles. The summed E-state index contributed by atoms with van der Waals surface area (Å²) >= 11 is 1.73. The zero-order valence-electron chi connectivity index (χ0n) is 16.1. The first-order valence-electron chi connectivity index (χ1n) is 9.45. The van der Waals surface area contributed by atoms with E-state index in [1.54, 1.807) is 23.6 Å². The molecule has 0 saturated carbocycles. The number of fused-ring (bicyclic) bond motifs is 3. The molecule has 8 heteroatoms. The van der Waals surface area contributed by atoms with Gasteiger partial charge >= 0.3 is 0 Å². The van der Waals surface area contributed by atoms with Crippen LogP contribution in [-0.2, 0) is 0 Å². The van der Waals surface area contributed by atoms with Crippen LogP contribution in [0.5, 0.6) is 5.75 Å². The van der Waals surface area contributed by atoms with Crippen LogP contribution >= 0.6 is 11.3 Å². The molecule has 1 aromatic carbocycles. The molecule has 146 valence electrons. The van der Waals surface area contributed by atoms with Crippen LogP contribution in [0.2, 0.25) is 0 Å². The highest BCUT2D eigenvalue weighted by atomic mass is 32.1. The molecule has 0 bridgehead atoms. The summed E-state index contributed by atoms with van der Waals surface area (Å²) in [4.78, 5) is 14.7. The maximum atomic E-state index is 6.25. The topological polar surface area (TPSA) is 103 Å². The number of ether oxygens (including phenoxy) is 1. The quantitative estimate of drug-likeness (QED) is 0.530. The van der Waals surface area contributed by atoms with Crippen molar-refractivity contribution in [3.05, 3.63) is 58.6 Å². The molecule has 5 rings (SSSR count). The summed E-state index contributed by atoms with van der Waals surface area (Å²) in [5, 5.41) is 8.14. The van der Waals surface area contributed by atoms with E-state index in [4.69, 9.17) is 15.5 Å². The van der Waals surface area contributed by atoms with E-state index in [1.807, 2.05) is 12.1 Å². The summed E-state index contributed by atoms with van der Waals surface area (Å²) in [6, 6.07) is 9.96. The van der Waals surface area contributed by atoms with Gasteiger partial charge < -0.3 is 10.5 Å². The Morgan fingerprint density at radius 3 is 2.76 bits per heavy atom. The Bertz CT molecular complexity index is 1150. The molecule has 1 aliphatic rings. The van der Waals surface area contributed by atoms with Gasteiger partial charge in [0.25, 0.3) is 0 Å². The van der Waals surface area contributed by atoms with Gasteiger partial charge in [0.05, 0.1) is 16.6 Å². The summed E-state index contributed by atoms with van der Waals surface area (Å²) in [5.41, 5.74) is 9.70. The third-order valence-electron chi connectivity index (χ3n) is 5.01. The Morgan fingerprint density at radius 2 is 2.03 bits per heavy atom. The molecule has 1 atom stereocenters. The second kappa shape index (κ2) is 6.97. The molecule has 3 aromatic heterocycles. The predicted molar refractivity (Wildman–Crippen MR) is 113 cm³/mol. The molecule has 0 saturated heterocycles. The van der Waals surface area contributed by atoms with E-state index >= 15 is 0 Å². The first-order chi connectivity index (χ1) is 14.1. The number of H-pyrrole nitrogens is 1. The number of aromatic amines is 1. The second-order valence-electron chi connectivity index (χ2n) is 7.34. The maximum absolute atomic E-state index is 6.25. The fourth-order valence-corrected chi connectivity index (χ4v) is 4.63. The minimum Gasteiger partial charge on any atom is -0.492 e. The van der Waals surface area contributed by atoms with E-state index in [-0.39, 0.29) is 5.92 Å². The summed E-state index contributed by atoms with van der Waals surface area (Å²) in [5.74, 6) is 2.42. The second-order valence-corrected chi connectivity index (χ2v) is 8.40. The van der Waals surface area contributed by atoms with Crippen LogP contribution < -0.4 is 10.5 Å². The zero-order valence-corrected chi connectivity index (χ0v) is 16.9. The molecule has 0 fully saturated rings. The molecule has 3 N–H and O–H groups in total. The van der Waals surface area contributed by atoms with Crippen LogP contribution in [0.15, 0.2) is 42.9 Å². The number of hydrogen-bond donors (Lipinski definition) is 2. The number of thiazole rings is 1. The van der Waals surface area contributed by atoms with Gasteiger partial charge in [-0.2, -0.15) is 5.10 Å². The number of pyridine rings is 1. The average Bonchev–Trinajstić information content (AvgIpc) is 3.37. The van der Waals surface area contributed by atoms with Crippen molar-refractivity contribution >= 4 is 17.2 Å². The van der Waals surface area contributed by atoms with Gasteiger partial charge in [-0.05, 0) is 29.8 Å². The Morgan fingerprint density at radius 1 is 1.17 bits per heavy atom. The summed E-state index contributed by atoms with van der Waals surface area (Å²) in [6.45, 7) is 4.80. The third kappa shape index (κ3) is 3.15. The number of nitrogen functional groups attached to an aromatic ring is 1. The van der Waals surface area contributed by atoms with Gasteiger partial charge in [-0.25, -0.2) is 15.0 Å². The van der Waals surface area contributed by atoms with Crippen LogP contribution in [0.3, 0.4) is 0 Å². The number of aromatic nitrogens is 5. The normalized spacial score (nSPS) is 15.5. The first kappa shape index (κ1) is 17.8. The van der Waals surface area contributed by atoms with Crippen molar-refractivity contribution in [2.24, 2.45) is 0 Å². The lowest BCUT2D eigenvalue weighted by Gasteiger charge is -2.12. The SMILES string of the molecule is CC(C)c1nc2c(s1)C(c1ncn[nH]1)COc1cc(-c3ccc(N)nc3)ccc1-2. The van der Waals surface area contributed by atoms with Crippen molar-refractivity contribution < 1.29 is 4.74 Å². The largest absolute Gasteiger partial charge is 0.492 e. The number of benzene rings is 1. The molecule has 0 amide bonds. The molecule has 4 aromatic rings. The lowest BCUT2D eigenvalue weighted by atomic mass is 10.0. The molecule has 29 heavy (non-hydrogen) atoms. The minimum absolute atomic E-state index is 0.0356. The minimum atomic E-state index is -0.0356. The van der Waals surface area contributed by atoms with Crippen molar-refractivity contribution in [2.75, 3.05) is 12.3 Å². The maximum Gasteiger partial charge on any atom is 0.137 e. The first-order valence-corrected chi connectivity index (χ1v) is 10.3.